The molecule has 1 aliphatic rings. The Bertz CT molecular complexity index is 1530. The van der Waals surface area contributed by atoms with E-state index in [0.29, 0.717) is 5.92 Å². The van der Waals surface area contributed by atoms with Crippen molar-refractivity contribution in [1.29, 1.82) is 0 Å². The van der Waals surface area contributed by atoms with Gasteiger partial charge in [0, 0.05) is 24.2 Å². The number of fused-ring (bicyclic) bond motifs is 6. The lowest BCUT2D eigenvalue weighted by Gasteiger charge is -2.24. The molecule has 4 aromatic carbocycles. The van der Waals surface area contributed by atoms with E-state index in [1.54, 1.807) is 11.1 Å². The molecule has 1 atom stereocenters. The van der Waals surface area contributed by atoms with Crippen LogP contribution in [0.3, 0.4) is 0 Å². The van der Waals surface area contributed by atoms with Crippen LogP contribution in [-0.4, -0.2) is 15.2 Å². The van der Waals surface area contributed by atoms with Crippen molar-refractivity contribution in [2.24, 2.45) is 0 Å². The number of benzene rings is 4. The zero-order valence-electron chi connectivity index (χ0n) is 19.3. The van der Waals surface area contributed by atoms with E-state index < -0.39 is 0 Å². The van der Waals surface area contributed by atoms with Crippen molar-refractivity contribution in [3.63, 3.8) is 0 Å². The van der Waals surface area contributed by atoms with Gasteiger partial charge in [0.1, 0.15) is 0 Å². The van der Waals surface area contributed by atoms with E-state index >= 15 is 0 Å². The van der Waals surface area contributed by atoms with Crippen LogP contribution in [0.1, 0.15) is 36.8 Å². The van der Waals surface area contributed by atoms with Crippen LogP contribution in [0.2, 0.25) is 0 Å². The van der Waals surface area contributed by atoms with Gasteiger partial charge in [-0.3, -0.25) is 10.1 Å². The minimum absolute atomic E-state index is 0.669. The molecule has 166 valence electrons. The molecule has 0 radical (unpaired) electrons. The SMILES string of the molecule is CC1CCCc2c1ccc1c2cc(-c2cn[nH]c2)c2ccccc21.c1ccc2cnccc2c1. The number of hydrogen-bond donors (Lipinski definition) is 1. The van der Waals surface area contributed by atoms with Crippen LogP contribution in [0.5, 0.6) is 0 Å². The van der Waals surface area contributed by atoms with E-state index in [4.69, 9.17) is 0 Å². The van der Waals surface area contributed by atoms with Gasteiger partial charge in [-0.15, -0.1) is 0 Å². The molecule has 0 fully saturated rings. The summed E-state index contributed by atoms with van der Waals surface area (Å²) in [4.78, 5) is 4.01. The van der Waals surface area contributed by atoms with Gasteiger partial charge < -0.3 is 0 Å². The lowest BCUT2D eigenvalue weighted by molar-refractivity contribution is 0.593. The lowest BCUT2D eigenvalue weighted by Crippen LogP contribution is -2.07. The third-order valence-electron chi connectivity index (χ3n) is 7.14. The number of H-pyrrole nitrogens is 1. The number of aromatic nitrogens is 3. The molecule has 7 rings (SSSR count). The van der Waals surface area contributed by atoms with Crippen LogP contribution in [0.25, 0.3) is 43.4 Å². The first kappa shape index (κ1) is 20.6. The van der Waals surface area contributed by atoms with Crippen LogP contribution < -0.4 is 0 Å². The number of aromatic amines is 1. The van der Waals surface area contributed by atoms with Crippen LogP contribution in [0, 0.1) is 0 Å². The van der Waals surface area contributed by atoms with Crippen LogP contribution in [-0.2, 0) is 6.42 Å². The van der Waals surface area contributed by atoms with Crippen molar-refractivity contribution in [2.45, 2.75) is 32.1 Å². The summed E-state index contributed by atoms with van der Waals surface area (Å²) < 4.78 is 0. The maximum absolute atomic E-state index is 4.16. The van der Waals surface area contributed by atoms with Gasteiger partial charge in [0.25, 0.3) is 0 Å². The number of hydrogen-bond acceptors (Lipinski definition) is 2. The molecule has 1 aliphatic carbocycles. The maximum Gasteiger partial charge on any atom is 0.0566 e. The molecule has 2 aromatic heterocycles. The van der Waals surface area contributed by atoms with Crippen LogP contribution >= 0.6 is 0 Å². The normalized spacial score (nSPS) is 15.1. The molecular weight excluding hydrogens is 414 g/mol. The second kappa shape index (κ2) is 8.75. The van der Waals surface area contributed by atoms with Gasteiger partial charge in [0.05, 0.1) is 6.20 Å². The van der Waals surface area contributed by atoms with Crippen molar-refractivity contribution < 1.29 is 0 Å². The van der Waals surface area contributed by atoms with E-state index in [2.05, 4.69) is 76.7 Å². The summed E-state index contributed by atoms with van der Waals surface area (Å²) in [6.45, 7) is 2.36. The van der Waals surface area contributed by atoms with Gasteiger partial charge in [0.15, 0.2) is 0 Å². The Balaban J connectivity index is 0.000000182. The zero-order valence-corrected chi connectivity index (χ0v) is 19.3. The van der Waals surface area contributed by atoms with Gasteiger partial charge in [0.2, 0.25) is 0 Å². The quantitative estimate of drug-likeness (QED) is 0.262. The molecule has 0 amide bonds. The highest BCUT2D eigenvalue weighted by molar-refractivity contribution is 6.14. The number of aryl methyl sites for hydroxylation is 1. The highest BCUT2D eigenvalue weighted by Crippen LogP contribution is 2.41. The molecular formula is C31H27N3. The van der Waals surface area contributed by atoms with E-state index in [-0.39, 0.29) is 0 Å². The first-order chi connectivity index (χ1) is 16.8. The van der Waals surface area contributed by atoms with Crippen LogP contribution in [0.15, 0.2) is 97.6 Å². The summed E-state index contributed by atoms with van der Waals surface area (Å²) in [7, 11) is 0. The average molecular weight is 442 g/mol. The maximum atomic E-state index is 4.16. The largest absolute Gasteiger partial charge is 0.285 e. The summed E-state index contributed by atoms with van der Waals surface area (Å²) in [5, 5.41) is 15.0. The number of nitrogens with zero attached hydrogens (tertiary/aromatic N) is 2. The Morgan fingerprint density at radius 1 is 0.794 bits per heavy atom. The third-order valence-corrected chi connectivity index (χ3v) is 7.14. The van der Waals surface area contributed by atoms with E-state index in [0.717, 1.165) is 5.56 Å². The zero-order chi connectivity index (χ0) is 22.9. The molecule has 34 heavy (non-hydrogen) atoms. The smallest absolute Gasteiger partial charge is 0.0566 e. The van der Waals surface area contributed by atoms with Crippen molar-refractivity contribution in [1.82, 2.24) is 15.2 Å². The lowest BCUT2D eigenvalue weighted by atomic mass is 9.80. The Kier molecular flexibility index (Phi) is 5.31. The van der Waals surface area contributed by atoms with Crippen molar-refractivity contribution in [3.05, 3.63) is 109 Å². The third kappa shape index (κ3) is 3.63. The highest BCUT2D eigenvalue weighted by Gasteiger charge is 2.20. The van der Waals surface area contributed by atoms with Gasteiger partial charge in [-0.05, 0) is 86.3 Å². The molecule has 2 heterocycles. The molecule has 3 heteroatoms. The Morgan fingerprint density at radius 2 is 1.59 bits per heavy atom. The number of nitrogens with one attached hydrogen (secondary N) is 1. The van der Waals surface area contributed by atoms with Gasteiger partial charge >= 0.3 is 0 Å². The van der Waals surface area contributed by atoms with Gasteiger partial charge in [-0.1, -0.05) is 67.6 Å². The van der Waals surface area contributed by atoms with E-state index in [1.807, 2.05) is 43.0 Å². The average Bonchev–Trinajstić information content (AvgIpc) is 3.44. The Morgan fingerprint density at radius 3 is 2.41 bits per heavy atom. The highest BCUT2D eigenvalue weighted by atomic mass is 15.1. The van der Waals surface area contributed by atoms with Gasteiger partial charge in [-0.25, -0.2) is 0 Å². The molecule has 0 saturated carbocycles. The van der Waals surface area contributed by atoms with Crippen molar-refractivity contribution in [2.75, 3.05) is 0 Å². The second-order valence-corrected chi connectivity index (χ2v) is 9.20. The molecule has 0 bridgehead atoms. The molecule has 0 saturated heterocycles. The molecule has 1 N–H and O–H groups in total. The fraction of sp³-hybridized carbons (Fsp3) is 0.161. The predicted molar refractivity (Wildman–Crippen MR) is 142 cm³/mol. The van der Waals surface area contributed by atoms with Crippen LogP contribution in [0.4, 0.5) is 0 Å². The first-order valence-electron chi connectivity index (χ1n) is 12.0. The minimum Gasteiger partial charge on any atom is -0.285 e. The predicted octanol–water partition coefficient (Wildman–Crippen LogP) is 8.06. The molecule has 0 aliphatic heterocycles. The summed E-state index contributed by atoms with van der Waals surface area (Å²) in [6.07, 6.45) is 11.4. The second-order valence-electron chi connectivity index (χ2n) is 9.20. The molecule has 6 aromatic rings. The number of rotatable bonds is 1. The summed E-state index contributed by atoms with van der Waals surface area (Å²) in [5.41, 5.74) is 5.54. The fourth-order valence-electron chi connectivity index (χ4n) is 5.40. The van der Waals surface area contributed by atoms with Crippen molar-refractivity contribution in [3.8, 4) is 11.1 Å². The molecule has 0 spiro atoms. The Hall–Kier alpha value is -3.98. The summed E-state index contributed by atoms with van der Waals surface area (Å²) in [5.74, 6) is 0.669. The van der Waals surface area contributed by atoms with E-state index in [9.17, 15) is 0 Å². The monoisotopic (exact) mass is 441 g/mol. The standard InChI is InChI=1S/C22H20N2.C9H7N/c1-14-5-4-8-17-16(14)9-10-20-18-6-2-3-7-19(18)21(11-22(17)20)15-12-23-24-13-15;1-2-4-9-7-10-6-5-8(9)3-1/h2-3,6-7,9-14H,4-5,8H2,1H3,(H,23,24);1-7H. The molecule has 3 nitrogen and oxygen atoms in total. The topological polar surface area (TPSA) is 41.6 Å². The van der Waals surface area contributed by atoms with Gasteiger partial charge in [-0.2, -0.15) is 5.10 Å². The summed E-state index contributed by atoms with van der Waals surface area (Å²) in [6, 6.07) is 26.0. The van der Waals surface area contributed by atoms with Crippen molar-refractivity contribution >= 4 is 32.3 Å². The molecule has 1 unspecified atom stereocenters. The van der Waals surface area contributed by atoms with E-state index in [1.165, 1.54) is 57.1 Å². The first-order valence-corrected chi connectivity index (χ1v) is 12.0. The Labute approximate surface area is 199 Å². The number of pyridine rings is 1. The fourth-order valence-corrected chi connectivity index (χ4v) is 5.40. The minimum atomic E-state index is 0.669. The summed E-state index contributed by atoms with van der Waals surface area (Å²) >= 11 is 0.